The van der Waals surface area contributed by atoms with Gasteiger partial charge in [-0.1, -0.05) is 19.3 Å². The summed E-state index contributed by atoms with van der Waals surface area (Å²) in [5.74, 6) is -0.0278. The maximum atomic E-state index is 13.1. The number of hydrogen-bond donors (Lipinski definition) is 2. The van der Waals surface area contributed by atoms with Crippen molar-refractivity contribution in [2.45, 2.75) is 71.3 Å². The quantitative estimate of drug-likeness (QED) is 0.799. The molecule has 0 spiro atoms. The molecule has 2 amide bonds. The number of nitrogens with zero attached hydrogens (tertiary/aromatic N) is 3. The highest BCUT2D eigenvalue weighted by atomic mass is 16.2. The van der Waals surface area contributed by atoms with Gasteiger partial charge in [-0.15, -0.1) is 0 Å². The van der Waals surface area contributed by atoms with Gasteiger partial charge < -0.3 is 10.2 Å². The van der Waals surface area contributed by atoms with Gasteiger partial charge in [0.15, 0.2) is 5.65 Å². The molecule has 8 nitrogen and oxygen atoms in total. The summed E-state index contributed by atoms with van der Waals surface area (Å²) in [6.45, 7) is 4.91. The fourth-order valence-electron chi connectivity index (χ4n) is 4.86. The topological polar surface area (TPSA) is 99.6 Å². The van der Waals surface area contributed by atoms with Crippen LogP contribution >= 0.6 is 0 Å². The van der Waals surface area contributed by atoms with E-state index in [4.69, 9.17) is 0 Å². The fraction of sp³-hybridized carbons (Fsp3) is 0.636. The van der Waals surface area contributed by atoms with Crippen molar-refractivity contribution in [2.24, 2.45) is 5.92 Å². The zero-order valence-corrected chi connectivity index (χ0v) is 17.9. The zero-order valence-electron chi connectivity index (χ0n) is 17.9. The first-order chi connectivity index (χ1) is 14.4. The normalized spacial score (nSPS) is 20.5. The second-order valence-corrected chi connectivity index (χ2v) is 8.77. The number of aromatic amines is 1. The lowest BCUT2D eigenvalue weighted by Crippen LogP contribution is -2.48. The Balaban J connectivity index is 1.42. The highest BCUT2D eigenvalue weighted by Gasteiger charge is 2.30. The zero-order chi connectivity index (χ0) is 21.3. The first-order valence-corrected chi connectivity index (χ1v) is 11.1. The maximum Gasteiger partial charge on any atom is 0.266 e. The van der Waals surface area contributed by atoms with Gasteiger partial charge in [0.05, 0.1) is 12.3 Å². The number of fused-ring (bicyclic) bond motifs is 1. The molecule has 1 aliphatic heterocycles. The van der Waals surface area contributed by atoms with Gasteiger partial charge in [0.1, 0.15) is 0 Å². The molecule has 0 radical (unpaired) electrons. The molecule has 0 aromatic carbocycles. The third kappa shape index (κ3) is 4.27. The maximum absolute atomic E-state index is 13.1. The van der Waals surface area contributed by atoms with E-state index in [2.05, 4.69) is 15.4 Å². The highest BCUT2D eigenvalue weighted by molar-refractivity contribution is 5.82. The van der Waals surface area contributed by atoms with Gasteiger partial charge in [-0.25, -0.2) is 9.50 Å². The monoisotopic (exact) mass is 413 g/mol. The third-order valence-corrected chi connectivity index (χ3v) is 6.63. The first-order valence-electron chi connectivity index (χ1n) is 11.1. The summed E-state index contributed by atoms with van der Waals surface area (Å²) >= 11 is 0. The Kier molecular flexibility index (Phi) is 5.92. The molecule has 1 unspecified atom stereocenters. The van der Waals surface area contributed by atoms with Crippen LogP contribution in [0.5, 0.6) is 0 Å². The smallest absolute Gasteiger partial charge is 0.266 e. The van der Waals surface area contributed by atoms with Crippen molar-refractivity contribution >= 4 is 17.5 Å². The van der Waals surface area contributed by atoms with Crippen molar-refractivity contribution in [3.05, 3.63) is 33.4 Å². The number of nitrogens with one attached hydrogen (secondary N) is 2. The molecule has 2 aromatic rings. The van der Waals surface area contributed by atoms with E-state index in [9.17, 15) is 14.4 Å². The van der Waals surface area contributed by atoms with E-state index < -0.39 is 0 Å². The molecule has 2 N–H and O–H groups in total. The molecule has 0 bridgehead atoms. The Morgan fingerprint density at radius 1 is 1.17 bits per heavy atom. The summed E-state index contributed by atoms with van der Waals surface area (Å²) in [5.41, 5.74) is 2.74. The van der Waals surface area contributed by atoms with Gasteiger partial charge in [0.25, 0.3) is 5.56 Å². The van der Waals surface area contributed by atoms with E-state index >= 15 is 0 Å². The van der Waals surface area contributed by atoms with Crippen LogP contribution in [-0.4, -0.2) is 50.4 Å². The molecule has 1 aliphatic carbocycles. The van der Waals surface area contributed by atoms with E-state index in [1.54, 1.807) is 4.52 Å². The second-order valence-electron chi connectivity index (χ2n) is 8.77. The van der Waals surface area contributed by atoms with Crippen molar-refractivity contribution in [1.29, 1.82) is 0 Å². The molecule has 1 atom stereocenters. The average molecular weight is 414 g/mol. The standard InChI is InChI=1S/C22H31N5O3/c1-14-18(15(2)27-19(23-14)12-20(28)25-27)11-21(29)26-10-6-7-16(13-26)22(30)24-17-8-4-3-5-9-17/h12,16-17H,3-11,13H2,1-2H3,(H,24,30)(H,25,28). The lowest BCUT2D eigenvalue weighted by Gasteiger charge is -2.33. The third-order valence-electron chi connectivity index (χ3n) is 6.63. The average Bonchev–Trinajstić information content (AvgIpc) is 3.12. The molecule has 1 saturated carbocycles. The van der Waals surface area contributed by atoms with Crippen LogP contribution < -0.4 is 10.9 Å². The number of carbonyl (C=O) groups excluding carboxylic acids is 2. The summed E-state index contributed by atoms with van der Waals surface area (Å²) in [4.78, 5) is 43.7. The Morgan fingerprint density at radius 3 is 2.70 bits per heavy atom. The van der Waals surface area contributed by atoms with E-state index in [0.29, 0.717) is 24.8 Å². The molecular weight excluding hydrogens is 382 g/mol. The molecule has 3 heterocycles. The van der Waals surface area contributed by atoms with Crippen LogP contribution in [0.2, 0.25) is 0 Å². The van der Waals surface area contributed by atoms with Gasteiger partial charge in [0.2, 0.25) is 11.8 Å². The summed E-state index contributed by atoms with van der Waals surface area (Å²) in [5, 5.41) is 5.94. The number of piperidine rings is 1. The predicted octanol–water partition coefficient (Wildman–Crippen LogP) is 1.87. The summed E-state index contributed by atoms with van der Waals surface area (Å²) < 4.78 is 1.63. The Labute approximate surface area is 176 Å². The summed E-state index contributed by atoms with van der Waals surface area (Å²) in [6.07, 6.45) is 7.65. The van der Waals surface area contributed by atoms with E-state index in [-0.39, 0.29) is 29.7 Å². The Bertz CT molecular complexity index is 1000. The molecule has 2 fully saturated rings. The van der Waals surface area contributed by atoms with Crippen LogP contribution in [-0.2, 0) is 16.0 Å². The SMILES string of the molecule is Cc1nc2cc(=O)[nH]n2c(C)c1CC(=O)N1CCCC(C(=O)NC2CCCCC2)C1. The van der Waals surface area contributed by atoms with Gasteiger partial charge in [-0.3, -0.25) is 19.5 Å². The van der Waals surface area contributed by atoms with E-state index in [0.717, 1.165) is 42.6 Å². The number of hydrogen-bond acceptors (Lipinski definition) is 4. The number of amides is 2. The number of likely N-dealkylation sites (tertiary alicyclic amines) is 1. The minimum absolute atomic E-state index is 0.00650. The largest absolute Gasteiger partial charge is 0.353 e. The lowest BCUT2D eigenvalue weighted by atomic mass is 9.92. The molecule has 162 valence electrons. The first kappa shape index (κ1) is 20.6. The summed E-state index contributed by atoms with van der Waals surface area (Å²) in [6, 6.07) is 1.75. The number of aromatic nitrogens is 3. The predicted molar refractivity (Wildman–Crippen MR) is 113 cm³/mol. The Hall–Kier alpha value is -2.64. The molecule has 2 aromatic heterocycles. The highest BCUT2D eigenvalue weighted by Crippen LogP contribution is 2.22. The van der Waals surface area contributed by atoms with Crippen molar-refractivity contribution in [3.8, 4) is 0 Å². The molecule has 1 saturated heterocycles. The molecular formula is C22H31N5O3. The van der Waals surface area contributed by atoms with Gasteiger partial charge in [-0.05, 0) is 39.5 Å². The fourth-order valence-corrected chi connectivity index (χ4v) is 4.86. The van der Waals surface area contributed by atoms with Crippen molar-refractivity contribution in [1.82, 2.24) is 24.8 Å². The van der Waals surface area contributed by atoms with Crippen LogP contribution in [0, 0.1) is 19.8 Å². The van der Waals surface area contributed by atoms with Crippen molar-refractivity contribution < 1.29 is 9.59 Å². The summed E-state index contributed by atoms with van der Waals surface area (Å²) in [7, 11) is 0. The number of aryl methyl sites for hydroxylation is 2. The Morgan fingerprint density at radius 2 is 1.93 bits per heavy atom. The van der Waals surface area contributed by atoms with Crippen LogP contribution in [0.15, 0.2) is 10.9 Å². The van der Waals surface area contributed by atoms with Crippen LogP contribution in [0.4, 0.5) is 0 Å². The van der Waals surface area contributed by atoms with Gasteiger partial charge >= 0.3 is 0 Å². The number of H-pyrrole nitrogens is 1. The molecule has 4 rings (SSSR count). The molecule has 8 heteroatoms. The lowest BCUT2D eigenvalue weighted by molar-refractivity contribution is -0.135. The van der Waals surface area contributed by atoms with Crippen molar-refractivity contribution in [2.75, 3.05) is 13.1 Å². The molecule has 30 heavy (non-hydrogen) atoms. The minimum atomic E-state index is -0.212. The second kappa shape index (κ2) is 8.62. The van der Waals surface area contributed by atoms with E-state index in [1.807, 2.05) is 18.7 Å². The van der Waals surface area contributed by atoms with Gasteiger partial charge in [-0.2, -0.15) is 0 Å². The minimum Gasteiger partial charge on any atom is -0.353 e. The van der Waals surface area contributed by atoms with E-state index in [1.165, 1.54) is 25.3 Å². The number of rotatable bonds is 4. The van der Waals surface area contributed by atoms with Crippen LogP contribution in [0.3, 0.4) is 0 Å². The van der Waals surface area contributed by atoms with Crippen molar-refractivity contribution in [3.63, 3.8) is 0 Å². The number of carbonyl (C=O) groups is 2. The van der Waals surface area contributed by atoms with Crippen LogP contribution in [0.25, 0.3) is 5.65 Å². The van der Waals surface area contributed by atoms with Crippen LogP contribution in [0.1, 0.15) is 61.9 Å². The van der Waals surface area contributed by atoms with Gasteiger partial charge in [0, 0.05) is 42.1 Å². The molecule has 2 aliphatic rings.